The summed E-state index contributed by atoms with van der Waals surface area (Å²) in [7, 11) is 1.39. The number of carbonyl (C=O) groups is 1. The maximum absolute atomic E-state index is 10.7. The Morgan fingerprint density at radius 2 is 2.45 bits per heavy atom. The first-order valence-corrected chi connectivity index (χ1v) is 3.85. The lowest BCUT2D eigenvalue weighted by atomic mass is 10.1. The third-order valence-electron chi connectivity index (χ3n) is 1.72. The molecule has 3 nitrogen and oxygen atoms in total. The highest BCUT2D eigenvalue weighted by atomic mass is 16.5. The molecule has 0 aromatic rings. The molecule has 0 aromatic carbocycles. The van der Waals surface area contributed by atoms with E-state index in [0.717, 1.165) is 25.1 Å². The van der Waals surface area contributed by atoms with E-state index in [1.165, 1.54) is 19.6 Å². The third-order valence-corrected chi connectivity index (χ3v) is 1.72. The van der Waals surface area contributed by atoms with E-state index in [9.17, 15) is 4.79 Å². The van der Waals surface area contributed by atoms with Crippen LogP contribution >= 0.6 is 0 Å². The van der Waals surface area contributed by atoms with Crippen molar-refractivity contribution >= 4 is 5.97 Å². The number of rotatable bonds is 1. The number of hydrogen-bond donors (Lipinski definition) is 1. The first kappa shape index (κ1) is 8.11. The van der Waals surface area contributed by atoms with Gasteiger partial charge in [-0.1, -0.05) is 0 Å². The van der Waals surface area contributed by atoms with Crippen molar-refractivity contribution in [1.29, 1.82) is 0 Å². The van der Waals surface area contributed by atoms with E-state index in [-0.39, 0.29) is 5.97 Å². The lowest BCUT2D eigenvalue weighted by Gasteiger charge is -2.15. The molecule has 1 aliphatic rings. The van der Waals surface area contributed by atoms with Gasteiger partial charge in [0.1, 0.15) is 0 Å². The number of nitrogens with one attached hydrogen (secondary N) is 1. The number of methoxy groups -OCH3 is 1. The van der Waals surface area contributed by atoms with Gasteiger partial charge in [-0.2, -0.15) is 0 Å². The van der Waals surface area contributed by atoms with Crippen LogP contribution in [0.3, 0.4) is 0 Å². The monoisotopic (exact) mass is 155 g/mol. The zero-order valence-electron chi connectivity index (χ0n) is 6.72. The zero-order valence-corrected chi connectivity index (χ0v) is 6.72. The van der Waals surface area contributed by atoms with Crippen LogP contribution in [0.25, 0.3) is 0 Å². The van der Waals surface area contributed by atoms with Crippen LogP contribution in [0.15, 0.2) is 11.8 Å². The Morgan fingerprint density at radius 3 is 3.00 bits per heavy atom. The van der Waals surface area contributed by atoms with Gasteiger partial charge in [0.25, 0.3) is 0 Å². The summed E-state index contributed by atoms with van der Waals surface area (Å²) in [6.45, 7) is 0.975. The SMILES string of the molecule is COC(=O)/C=C1\CCCCN1. The van der Waals surface area contributed by atoms with E-state index in [1.807, 2.05) is 0 Å². The van der Waals surface area contributed by atoms with E-state index in [2.05, 4.69) is 10.1 Å². The molecule has 3 heteroatoms. The highest BCUT2D eigenvalue weighted by Gasteiger charge is 2.05. The molecule has 62 valence electrons. The average Bonchev–Trinajstić information content (AvgIpc) is 2.06. The van der Waals surface area contributed by atoms with Gasteiger partial charge in [-0.05, 0) is 19.3 Å². The van der Waals surface area contributed by atoms with Crippen LogP contribution in [-0.2, 0) is 9.53 Å². The minimum absolute atomic E-state index is 0.269. The summed E-state index contributed by atoms with van der Waals surface area (Å²) in [6.07, 6.45) is 4.85. The van der Waals surface area contributed by atoms with Crippen molar-refractivity contribution in [1.82, 2.24) is 5.32 Å². The van der Waals surface area contributed by atoms with Crippen molar-refractivity contribution < 1.29 is 9.53 Å². The number of allylic oxidation sites excluding steroid dienone is 1. The highest BCUT2D eigenvalue weighted by molar-refractivity contribution is 5.82. The van der Waals surface area contributed by atoms with Gasteiger partial charge in [0.2, 0.25) is 0 Å². The molecule has 1 rings (SSSR count). The number of piperidine rings is 1. The molecule has 0 amide bonds. The minimum atomic E-state index is -0.269. The fourth-order valence-electron chi connectivity index (χ4n) is 1.10. The van der Waals surface area contributed by atoms with E-state index in [1.54, 1.807) is 0 Å². The quantitative estimate of drug-likeness (QED) is 0.450. The standard InChI is InChI=1S/C8H13NO2/c1-11-8(10)6-7-4-2-3-5-9-7/h6,9H,2-5H2,1H3/b7-6+. The summed E-state index contributed by atoms with van der Waals surface area (Å²) in [5.74, 6) is -0.269. The molecule has 1 saturated heterocycles. The van der Waals surface area contributed by atoms with Gasteiger partial charge in [-0.15, -0.1) is 0 Å². The van der Waals surface area contributed by atoms with Gasteiger partial charge in [-0.3, -0.25) is 0 Å². The van der Waals surface area contributed by atoms with Crippen LogP contribution < -0.4 is 5.32 Å². The van der Waals surface area contributed by atoms with Crippen LogP contribution in [0.2, 0.25) is 0 Å². The summed E-state index contributed by atoms with van der Waals surface area (Å²) in [5.41, 5.74) is 1.00. The Balaban J connectivity index is 2.43. The Morgan fingerprint density at radius 1 is 1.64 bits per heavy atom. The Bertz CT molecular complexity index is 167. The predicted octanol–water partition coefficient (Wildman–Crippen LogP) is 0.817. The van der Waals surface area contributed by atoms with Crippen LogP contribution in [-0.4, -0.2) is 19.6 Å². The van der Waals surface area contributed by atoms with E-state index < -0.39 is 0 Å². The molecule has 0 spiro atoms. The van der Waals surface area contributed by atoms with Crippen LogP contribution in [0.1, 0.15) is 19.3 Å². The molecule has 1 heterocycles. The van der Waals surface area contributed by atoms with Gasteiger partial charge >= 0.3 is 5.97 Å². The van der Waals surface area contributed by atoms with Gasteiger partial charge < -0.3 is 10.1 Å². The fourth-order valence-corrected chi connectivity index (χ4v) is 1.10. The fraction of sp³-hybridized carbons (Fsp3) is 0.625. The topological polar surface area (TPSA) is 38.3 Å². The largest absolute Gasteiger partial charge is 0.466 e. The summed E-state index contributed by atoms with van der Waals surface area (Å²) >= 11 is 0. The van der Waals surface area contributed by atoms with Crippen molar-refractivity contribution in [3.63, 3.8) is 0 Å². The maximum Gasteiger partial charge on any atom is 0.332 e. The van der Waals surface area contributed by atoms with E-state index >= 15 is 0 Å². The Hall–Kier alpha value is -0.990. The molecular formula is C8H13NO2. The van der Waals surface area contributed by atoms with E-state index in [4.69, 9.17) is 0 Å². The molecule has 1 aliphatic heterocycles. The molecule has 0 atom stereocenters. The third kappa shape index (κ3) is 2.62. The molecule has 0 aromatic heterocycles. The second-order valence-corrected chi connectivity index (χ2v) is 2.58. The van der Waals surface area contributed by atoms with Gasteiger partial charge in [0, 0.05) is 18.3 Å². The molecule has 0 aliphatic carbocycles. The normalized spacial score (nSPS) is 21.0. The lowest BCUT2D eigenvalue weighted by molar-refractivity contribution is -0.134. The summed E-state index contributed by atoms with van der Waals surface area (Å²) < 4.78 is 4.50. The van der Waals surface area contributed by atoms with Crippen molar-refractivity contribution in [2.24, 2.45) is 0 Å². The second kappa shape index (κ2) is 4.01. The first-order valence-electron chi connectivity index (χ1n) is 3.85. The Labute approximate surface area is 66.4 Å². The minimum Gasteiger partial charge on any atom is -0.466 e. The zero-order chi connectivity index (χ0) is 8.10. The number of esters is 1. The molecule has 0 unspecified atom stereocenters. The second-order valence-electron chi connectivity index (χ2n) is 2.58. The van der Waals surface area contributed by atoms with Crippen LogP contribution in [0.4, 0.5) is 0 Å². The molecule has 1 N–H and O–H groups in total. The van der Waals surface area contributed by atoms with Crippen molar-refractivity contribution in [2.45, 2.75) is 19.3 Å². The molecule has 1 fully saturated rings. The predicted molar refractivity (Wildman–Crippen MR) is 42.0 cm³/mol. The van der Waals surface area contributed by atoms with Gasteiger partial charge in [-0.25, -0.2) is 4.79 Å². The summed E-state index contributed by atoms with van der Waals surface area (Å²) in [4.78, 5) is 10.7. The highest BCUT2D eigenvalue weighted by Crippen LogP contribution is 2.09. The molecule has 0 radical (unpaired) electrons. The lowest BCUT2D eigenvalue weighted by Crippen LogP contribution is -2.20. The van der Waals surface area contributed by atoms with Crippen molar-refractivity contribution in [3.8, 4) is 0 Å². The molecule has 0 saturated carbocycles. The average molecular weight is 155 g/mol. The number of ether oxygens (including phenoxy) is 1. The molecule has 0 bridgehead atoms. The van der Waals surface area contributed by atoms with Gasteiger partial charge in [0.15, 0.2) is 0 Å². The number of hydrogen-bond acceptors (Lipinski definition) is 3. The molecule has 11 heavy (non-hydrogen) atoms. The summed E-state index contributed by atoms with van der Waals surface area (Å²) in [5, 5.41) is 3.14. The number of carbonyl (C=O) groups excluding carboxylic acids is 1. The Kier molecular flexibility index (Phi) is 2.95. The van der Waals surface area contributed by atoms with Crippen LogP contribution in [0.5, 0.6) is 0 Å². The first-order chi connectivity index (χ1) is 5.33. The van der Waals surface area contributed by atoms with Gasteiger partial charge in [0.05, 0.1) is 7.11 Å². The summed E-state index contributed by atoms with van der Waals surface area (Å²) in [6, 6.07) is 0. The van der Waals surface area contributed by atoms with Crippen LogP contribution in [0, 0.1) is 0 Å². The maximum atomic E-state index is 10.7. The van der Waals surface area contributed by atoms with E-state index in [0.29, 0.717) is 0 Å². The smallest absolute Gasteiger partial charge is 0.332 e. The van der Waals surface area contributed by atoms with Crippen molar-refractivity contribution in [3.05, 3.63) is 11.8 Å². The van der Waals surface area contributed by atoms with Crippen molar-refractivity contribution in [2.75, 3.05) is 13.7 Å². The molecular weight excluding hydrogens is 142 g/mol.